The lowest BCUT2D eigenvalue weighted by molar-refractivity contribution is -0.142. The second-order valence-electron chi connectivity index (χ2n) is 6.68. The van der Waals surface area contributed by atoms with E-state index in [2.05, 4.69) is 17.1 Å². The molecule has 2 heterocycles. The lowest BCUT2D eigenvalue weighted by Gasteiger charge is -2.41. The molecule has 3 fully saturated rings. The summed E-state index contributed by atoms with van der Waals surface area (Å²) < 4.78 is 5.35. The lowest BCUT2D eigenvalue weighted by atomic mass is 9.99. The Morgan fingerprint density at radius 1 is 1.19 bits per heavy atom. The lowest BCUT2D eigenvalue weighted by Crippen LogP contribution is -2.56. The molecule has 0 spiro atoms. The fourth-order valence-corrected chi connectivity index (χ4v) is 3.53. The van der Waals surface area contributed by atoms with Gasteiger partial charge in [0.15, 0.2) is 0 Å². The molecule has 0 aromatic heterocycles. The van der Waals surface area contributed by atoms with Crippen LogP contribution in [0, 0.1) is 0 Å². The Balaban J connectivity index is 1.56. The first-order valence-corrected chi connectivity index (χ1v) is 8.61. The molecule has 21 heavy (non-hydrogen) atoms. The Hall–Kier alpha value is -0.650. The zero-order valence-electron chi connectivity index (χ0n) is 13.2. The van der Waals surface area contributed by atoms with Crippen molar-refractivity contribution in [2.75, 3.05) is 39.4 Å². The van der Waals surface area contributed by atoms with Crippen LogP contribution in [0.15, 0.2) is 0 Å². The Kier molecular flexibility index (Phi) is 5.14. The third-order valence-corrected chi connectivity index (χ3v) is 5.07. The van der Waals surface area contributed by atoms with Gasteiger partial charge >= 0.3 is 0 Å². The number of piperidine rings is 1. The van der Waals surface area contributed by atoms with Crippen molar-refractivity contribution in [2.45, 2.75) is 57.2 Å². The zero-order valence-corrected chi connectivity index (χ0v) is 13.2. The first-order chi connectivity index (χ1) is 10.3. The van der Waals surface area contributed by atoms with Crippen LogP contribution in [0.5, 0.6) is 0 Å². The first kappa shape index (κ1) is 15.3. The largest absolute Gasteiger partial charge is 0.378 e. The van der Waals surface area contributed by atoms with E-state index in [1.807, 2.05) is 4.90 Å². The Morgan fingerprint density at radius 3 is 2.67 bits per heavy atom. The minimum atomic E-state index is 0.00871. The van der Waals surface area contributed by atoms with Crippen molar-refractivity contribution in [3.8, 4) is 0 Å². The highest BCUT2D eigenvalue weighted by Crippen LogP contribution is 2.23. The number of nitrogens with zero attached hydrogens (tertiary/aromatic N) is 2. The van der Waals surface area contributed by atoms with Crippen molar-refractivity contribution < 1.29 is 9.53 Å². The summed E-state index contributed by atoms with van der Waals surface area (Å²) in [6.07, 6.45) is 6.40. The fraction of sp³-hybridized carbons (Fsp3) is 0.938. The van der Waals surface area contributed by atoms with Crippen LogP contribution in [0.4, 0.5) is 0 Å². The summed E-state index contributed by atoms with van der Waals surface area (Å²) in [5.74, 6) is 0.289. The van der Waals surface area contributed by atoms with Crippen LogP contribution in [0.2, 0.25) is 0 Å². The average Bonchev–Trinajstić information content (AvgIpc) is 3.37. The molecule has 5 nitrogen and oxygen atoms in total. The van der Waals surface area contributed by atoms with Gasteiger partial charge in [0.25, 0.3) is 0 Å². The maximum Gasteiger partial charge on any atom is 0.239 e. The number of hydrogen-bond donors (Lipinski definition) is 1. The van der Waals surface area contributed by atoms with Gasteiger partial charge in [-0.1, -0.05) is 6.42 Å². The normalized spacial score (nSPS) is 29.4. The van der Waals surface area contributed by atoms with Gasteiger partial charge in [0.1, 0.15) is 0 Å². The van der Waals surface area contributed by atoms with E-state index in [1.54, 1.807) is 0 Å². The molecule has 120 valence electrons. The monoisotopic (exact) mass is 295 g/mol. The summed E-state index contributed by atoms with van der Waals surface area (Å²) in [5.41, 5.74) is 0. The number of carbonyl (C=O) groups is 1. The Bertz CT molecular complexity index is 353. The summed E-state index contributed by atoms with van der Waals surface area (Å²) in [5, 5.41) is 3.64. The van der Waals surface area contributed by atoms with Crippen LogP contribution in [-0.4, -0.2) is 73.2 Å². The predicted molar refractivity (Wildman–Crippen MR) is 82.2 cm³/mol. The van der Waals surface area contributed by atoms with Crippen molar-refractivity contribution in [1.82, 2.24) is 15.1 Å². The van der Waals surface area contributed by atoms with Crippen LogP contribution in [0.3, 0.4) is 0 Å². The molecule has 5 heteroatoms. The quantitative estimate of drug-likeness (QED) is 0.816. The highest BCUT2D eigenvalue weighted by Gasteiger charge is 2.33. The molecular weight excluding hydrogens is 266 g/mol. The number of amides is 1. The molecular formula is C16H29N3O2. The fourth-order valence-electron chi connectivity index (χ4n) is 3.53. The molecule has 1 N–H and O–H groups in total. The molecule has 1 aliphatic carbocycles. The first-order valence-electron chi connectivity index (χ1n) is 8.61. The van der Waals surface area contributed by atoms with Crippen LogP contribution in [0.25, 0.3) is 0 Å². The molecule has 2 unspecified atom stereocenters. The van der Waals surface area contributed by atoms with Crippen molar-refractivity contribution >= 4 is 5.91 Å². The highest BCUT2D eigenvalue weighted by atomic mass is 16.5. The van der Waals surface area contributed by atoms with Crippen molar-refractivity contribution in [3.63, 3.8) is 0 Å². The zero-order chi connectivity index (χ0) is 14.7. The van der Waals surface area contributed by atoms with Gasteiger partial charge in [-0.05, 0) is 39.2 Å². The third kappa shape index (κ3) is 3.96. The molecule has 1 saturated carbocycles. The Labute approximate surface area is 128 Å². The number of nitrogens with one attached hydrogen (secondary N) is 1. The van der Waals surface area contributed by atoms with Crippen LogP contribution in [0.1, 0.15) is 39.0 Å². The average molecular weight is 295 g/mol. The minimum absolute atomic E-state index is 0.00871. The van der Waals surface area contributed by atoms with Crippen LogP contribution in [-0.2, 0) is 9.53 Å². The van der Waals surface area contributed by atoms with Gasteiger partial charge in [-0.3, -0.25) is 9.69 Å². The molecule has 2 atom stereocenters. The molecule has 0 radical (unpaired) electrons. The molecule has 0 aromatic carbocycles. The van der Waals surface area contributed by atoms with Crippen LogP contribution < -0.4 is 5.32 Å². The maximum absolute atomic E-state index is 12.7. The number of rotatable bonds is 5. The number of likely N-dealkylation sites (tertiary alicyclic amines) is 1. The summed E-state index contributed by atoms with van der Waals surface area (Å²) in [7, 11) is 0. The van der Waals surface area contributed by atoms with Gasteiger partial charge in [-0.15, -0.1) is 0 Å². The molecule has 0 aromatic rings. The SMILES string of the molecule is CC(C(=O)N1CCOCC1)N1CCCCC1CNC1CC1. The second-order valence-corrected chi connectivity index (χ2v) is 6.68. The minimum Gasteiger partial charge on any atom is -0.378 e. The number of carbonyl (C=O) groups excluding carboxylic acids is 1. The molecule has 2 saturated heterocycles. The molecule has 3 aliphatic rings. The standard InChI is InChI=1S/C16H29N3O2/c1-13(16(20)18-8-10-21-11-9-18)19-7-3-2-4-15(19)12-17-14-5-6-14/h13-15,17H,2-12H2,1H3. The van der Waals surface area contributed by atoms with Gasteiger partial charge in [-0.2, -0.15) is 0 Å². The second kappa shape index (κ2) is 7.07. The third-order valence-electron chi connectivity index (χ3n) is 5.07. The molecule has 2 aliphatic heterocycles. The van der Waals surface area contributed by atoms with Gasteiger partial charge < -0.3 is 15.0 Å². The topological polar surface area (TPSA) is 44.8 Å². The van der Waals surface area contributed by atoms with E-state index in [4.69, 9.17) is 4.74 Å². The maximum atomic E-state index is 12.7. The number of ether oxygens (including phenoxy) is 1. The summed E-state index contributed by atoms with van der Waals surface area (Å²) >= 11 is 0. The van der Waals surface area contributed by atoms with Crippen molar-refractivity contribution in [3.05, 3.63) is 0 Å². The summed E-state index contributed by atoms with van der Waals surface area (Å²) in [6.45, 7) is 7.08. The molecule has 3 rings (SSSR count). The van der Waals surface area contributed by atoms with E-state index < -0.39 is 0 Å². The van der Waals surface area contributed by atoms with E-state index in [-0.39, 0.29) is 11.9 Å². The van der Waals surface area contributed by atoms with E-state index in [0.717, 1.165) is 32.2 Å². The number of morpholine rings is 1. The predicted octanol–water partition coefficient (Wildman–Crippen LogP) is 0.840. The number of hydrogen-bond acceptors (Lipinski definition) is 4. The smallest absolute Gasteiger partial charge is 0.239 e. The Morgan fingerprint density at radius 2 is 1.95 bits per heavy atom. The van der Waals surface area contributed by atoms with E-state index in [9.17, 15) is 4.79 Å². The van der Waals surface area contributed by atoms with Gasteiger partial charge in [0.05, 0.1) is 19.3 Å². The summed E-state index contributed by atoms with van der Waals surface area (Å²) in [4.78, 5) is 17.1. The van der Waals surface area contributed by atoms with Gasteiger partial charge in [-0.25, -0.2) is 0 Å². The van der Waals surface area contributed by atoms with E-state index >= 15 is 0 Å². The highest BCUT2D eigenvalue weighted by molar-refractivity contribution is 5.81. The molecule has 0 bridgehead atoms. The van der Waals surface area contributed by atoms with Crippen LogP contribution >= 0.6 is 0 Å². The molecule has 1 amide bonds. The van der Waals surface area contributed by atoms with Gasteiger partial charge in [0.2, 0.25) is 5.91 Å². The van der Waals surface area contributed by atoms with Gasteiger partial charge in [0, 0.05) is 31.7 Å². The van der Waals surface area contributed by atoms with E-state index in [1.165, 1.54) is 32.1 Å². The summed E-state index contributed by atoms with van der Waals surface area (Å²) in [6, 6.07) is 1.28. The van der Waals surface area contributed by atoms with Crippen molar-refractivity contribution in [2.24, 2.45) is 0 Å². The van der Waals surface area contributed by atoms with Crippen molar-refractivity contribution in [1.29, 1.82) is 0 Å². The van der Waals surface area contributed by atoms with E-state index in [0.29, 0.717) is 19.3 Å².